The maximum absolute atomic E-state index is 10.1. The highest BCUT2D eigenvalue weighted by molar-refractivity contribution is 5.37. The van der Waals surface area contributed by atoms with Crippen molar-refractivity contribution in [3.05, 3.63) is 29.8 Å². The van der Waals surface area contributed by atoms with E-state index in [2.05, 4.69) is 0 Å². The molecule has 0 aromatic heterocycles. The molecule has 0 bridgehead atoms. The molecule has 2 aliphatic heterocycles. The van der Waals surface area contributed by atoms with Gasteiger partial charge in [0.05, 0.1) is 12.7 Å². The van der Waals surface area contributed by atoms with Crippen LogP contribution >= 0.6 is 0 Å². The van der Waals surface area contributed by atoms with E-state index in [1.165, 1.54) is 0 Å². The van der Waals surface area contributed by atoms with E-state index in [4.69, 9.17) is 9.47 Å². The van der Waals surface area contributed by atoms with Crippen molar-refractivity contribution in [3.63, 3.8) is 0 Å². The molecule has 0 saturated carbocycles. The Morgan fingerprint density at radius 3 is 2.94 bits per heavy atom. The third-order valence-electron chi connectivity index (χ3n) is 3.73. The lowest BCUT2D eigenvalue weighted by Gasteiger charge is -2.36. The average molecular weight is 234 g/mol. The van der Waals surface area contributed by atoms with Gasteiger partial charge in [-0.3, -0.25) is 0 Å². The van der Waals surface area contributed by atoms with Gasteiger partial charge in [-0.1, -0.05) is 18.2 Å². The van der Waals surface area contributed by atoms with Crippen molar-refractivity contribution >= 4 is 0 Å². The van der Waals surface area contributed by atoms with Gasteiger partial charge in [0.2, 0.25) is 0 Å². The first-order valence-corrected chi connectivity index (χ1v) is 6.36. The number of ether oxygens (including phenoxy) is 2. The molecule has 2 heterocycles. The first-order chi connectivity index (χ1) is 8.34. The Morgan fingerprint density at radius 1 is 1.24 bits per heavy atom. The minimum Gasteiger partial charge on any atom is -0.490 e. The Labute approximate surface area is 101 Å². The SMILES string of the molecule is OC1CC(C2CCCOC2)Oc2ccccc21. The summed E-state index contributed by atoms with van der Waals surface area (Å²) in [6.45, 7) is 1.63. The minimum atomic E-state index is -0.396. The zero-order valence-corrected chi connectivity index (χ0v) is 9.84. The summed E-state index contributed by atoms with van der Waals surface area (Å²) in [5.74, 6) is 1.26. The highest BCUT2D eigenvalue weighted by Gasteiger charge is 2.33. The van der Waals surface area contributed by atoms with Crippen LogP contribution in [0.15, 0.2) is 24.3 Å². The van der Waals surface area contributed by atoms with Gasteiger partial charge in [-0.25, -0.2) is 0 Å². The summed E-state index contributed by atoms with van der Waals surface area (Å²) in [5, 5.41) is 10.1. The molecule has 17 heavy (non-hydrogen) atoms. The average Bonchev–Trinajstić information content (AvgIpc) is 2.40. The van der Waals surface area contributed by atoms with Gasteiger partial charge in [-0.05, 0) is 18.9 Å². The van der Waals surface area contributed by atoms with Crippen molar-refractivity contribution in [1.82, 2.24) is 0 Å². The van der Waals surface area contributed by atoms with E-state index < -0.39 is 6.10 Å². The maximum atomic E-state index is 10.1. The molecule has 3 atom stereocenters. The van der Waals surface area contributed by atoms with Crippen LogP contribution < -0.4 is 4.74 Å². The largest absolute Gasteiger partial charge is 0.490 e. The molecule has 0 spiro atoms. The van der Waals surface area contributed by atoms with Crippen molar-refractivity contribution in [2.75, 3.05) is 13.2 Å². The van der Waals surface area contributed by atoms with E-state index in [-0.39, 0.29) is 6.10 Å². The molecule has 0 amide bonds. The van der Waals surface area contributed by atoms with Gasteiger partial charge in [-0.2, -0.15) is 0 Å². The van der Waals surface area contributed by atoms with Crippen LogP contribution in [0.1, 0.15) is 30.9 Å². The molecule has 0 radical (unpaired) electrons. The molecule has 1 fully saturated rings. The summed E-state index contributed by atoms with van der Waals surface area (Å²) < 4.78 is 11.5. The first-order valence-electron chi connectivity index (χ1n) is 6.36. The highest BCUT2D eigenvalue weighted by atomic mass is 16.5. The predicted octanol–water partition coefficient (Wildman–Crippen LogP) is 2.30. The lowest BCUT2D eigenvalue weighted by atomic mass is 9.88. The second-order valence-electron chi connectivity index (χ2n) is 4.92. The van der Waals surface area contributed by atoms with Gasteiger partial charge in [0.25, 0.3) is 0 Å². The molecule has 1 aromatic rings. The van der Waals surface area contributed by atoms with Crippen molar-refractivity contribution in [3.8, 4) is 5.75 Å². The van der Waals surface area contributed by atoms with E-state index in [0.717, 1.165) is 37.4 Å². The van der Waals surface area contributed by atoms with Crippen molar-refractivity contribution in [2.24, 2.45) is 5.92 Å². The fourth-order valence-corrected chi connectivity index (χ4v) is 2.77. The fraction of sp³-hybridized carbons (Fsp3) is 0.571. The Hall–Kier alpha value is -1.06. The standard InChI is InChI=1S/C14H18O3/c15-12-8-14(10-4-3-7-16-9-10)17-13-6-2-1-5-11(12)13/h1-2,5-6,10,12,14-15H,3-4,7-9H2. The van der Waals surface area contributed by atoms with Gasteiger partial charge in [0.15, 0.2) is 0 Å². The smallest absolute Gasteiger partial charge is 0.125 e. The number of hydrogen-bond acceptors (Lipinski definition) is 3. The Morgan fingerprint density at radius 2 is 2.12 bits per heavy atom. The maximum Gasteiger partial charge on any atom is 0.125 e. The molecule has 3 nitrogen and oxygen atoms in total. The number of aliphatic hydroxyl groups is 1. The first kappa shape index (κ1) is 11.1. The Kier molecular flexibility index (Phi) is 3.04. The number of aliphatic hydroxyl groups excluding tert-OH is 1. The van der Waals surface area contributed by atoms with Gasteiger partial charge < -0.3 is 14.6 Å². The van der Waals surface area contributed by atoms with Gasteiger partial charge in [-0.15, -0.1) is 0 Å². The van der Waals surface area contributed by atoms with Gasteiger partial charge >= 0.3 is 0 Å². The van der Waals surface area contributed by atoms with Gasteiger partial charge in [0.1, 0.15) is 11.9 Å². The van der Waals surface area contributed by atoms with E-state index in [1.807, 2.05) is 24.3 Å². The lowest BCUT2D eigenvalue weighted by molar-refractivity contribution is -0.0285. The molecule has 3 heteroatoms. The molecule has 92 valence electrons. The second kappa shape index (κ2) is 4.67. The quantitative estimate of drug-likeness (QED) is 0.810. The number of hydrogen-bond donors (Lipinski definition) is 1. The van der Waals surface area contributed by atoms with Crippen LogP contribution in [0, 0.1) is 5.92 Å². The van der Waals surface area contributed by atoms with Crippen LogP contribution in [-0.2, 0) is 4.74 Å². The van der Waals surface area contributed by atoms with E-state index in [9.17, 15) is 5.11 Å². The highest BCUT2D eigenvalue weighted by Crippen LogP contribution is 2.38. The van der Waals surface area contributed by atoms with Crippen LogP contribution in [0.2, 0.25) is 0 Å². The topological polar surface area (TPSA) is 38.7 Å². The summed E-state index contributed by atoms with van der Waals surface area (Å²) in [4.78, 5) is 0. The van der Waals surface area contributed by atoms with Crippen LogP contribution in [0.4, 0.5) is 0 Å². The second-order valence-corrected chi connectivity index (χ2v) is 4.92. The Balaban J connectivity index is 1.78. The summed E-state index contributed by atoms with van der Waals surface area (Å²) in [6, 6.07) is 7.77. The zero-order valence-electron chi connectivity index (χ0n) is 9.84. The predicted molar refractivity (Wildman–Crippen MR) is 64.0 cm³/mol. The molecule has 3 rings (SSSR count). The summed E-state index contributed by atoms with van der Waals surface area (Å²) >= 11 is 0. The van der Waals surface area contributed by atoms with Gasteiger partial charge in [0, 0.05) is 24.5 Å². The van der Waals surface area contributed by atoms with E-state index >= 15 is 0 Å². The fourth-order valence-electron chi connectivity index (χ4n) is 2.77. The van der Waals surface area contributed by atoms with Crippen LogP contribution in [-0.4, -0.2) is 24.4 Å². The summed E-state index contributed by atoms with van der Waals surface area (Å²) in [7, 11) is 0. The van der Waals surface area contributed by atoms with E-state index in [0.29, 0.717) is 12.3 Å². The number of para-hydroxylation sites is 1. The van der Waals surface area contributed by atoms with Crippen LogP contribution in [0.3, 0.4) is 0 Å². The number of benzene rings is 1. The van der Waals surface area contributed by atoms with Crippen molar-refractivity contribution in [1.29, 1.82) is 0 Å². The molecule has 2 aliphatic rings. The van der Waals surface area contributed by atoms with Crippen LogP contribution in [0.5, 0.6) is 5.75 Å². The minimum absolute atomic E-state index is 0.0974. The molecule has 1 N–H and O–H groups in total. The lowest BCUT2D eigenvalue weighted by Crippen LogP contribution is -2.37. The van der Waals surface area contributed by atoms with Crippen molar-refractivity contribution in [2.45, 2.75) is 31.5 Å². The van der Waals surface area contributed by atoms with Crippen molar-refractivity contribution < 1.29 is 14.6 Å². The molecular weight excluding hydrogens is 216 g/mol. The van der Waals surface area contributed by atoms with Crippen LogP contribution in [0.25, 0.3) is 0 Å². The monoisotopic (exact) mass is 234 g/mol. The summed E-state index contributed by atoms with van der Waals surface area (Å²) in [5.41, 5.74) is 0.917. The molecule has 1 aromatic carbocycles. The Bertz CT molecular complexity index is 385. The van der Waals surface area contributed by atoms with E-state index in [1.54, 1.807) is 0 Å². The molecule has 1 saturated heterocycles. The zero-order chi connectivity index (χ0) is 11.7. The number of rotatable bonds is 1. The molecule has 0 aliphatic carbocycles. The molecular formula is C14H18O3. The molecule has 3 unspecified atom stereocenters. The third kappa shape index (κ3) is 2.17. The third-order valence-corrected chi connectivity index (χ3v) is 3.73. The number of fused-ring (bicyclic) bond motifs is 1. The summed E-state index contributed by atoms with van der Waals surface area (Å²) in [6.07, 6.45) is 2.62. The normalized spacial score (nSPS) is 32.6.